The smallest absolute Gasteiger partial charge is 0.0587 e. The Kier molecular flexibility index (Phi) is 8.88. The van der Waals surface area contributed by atoms with Crippen LogP contribution in [0.15, 0.2) is 0 Å². The second-order valence-corrected chi connectivity index (χ2v) is 3.17. The van der Waals surface area contributed by atoms with Gasteiger partial charge in [-0.25, -0.2) is 0 Å². The fourth-order valence-corrected chi connectivity index (χ4v) is 0.966. The van der Waals surface area contributed by atoms with Gasteiger partial charge in [0, 0.05) is 20.3 Å². The van der Waals surface area contributed by atoms with Crippen molar-refractivity contribution in [2.75, 3.05) is 33.4 Å². The maximum absolute atomic E-state index is 8.74. The molecule has 0 saturated carbocycles. The lowest BCUT2D eigenvalue weighted by Crippen LogP contribution is -2.20. The first kappa shape index (κ1) is 11.9. The van der Waals surface area contributed by atoms with Gasteiger partial charge in [-0.15, -0.1) is 0 Å². The highest BCUT2D eigenvalue weighted by Gasteiger charge is 1.97. The van der Waals surface area contributed by atoms with Crippen LogP contribution in [0.1, 0.15) is 19.8 Å². The third-order valence-corrected chi connectivity index (χ3v) is 1.85. The molecule has 74 valence electrons. The van der Waals surface area contributed by atoms with Crippen LogP contribution in [0.5, 0.6) is 0 Å². The summed E-state index contributed by atoms with van der Waals surface area (Å²) >= 11 is 0. The maximum atomic E-state index is 8.74. The first-order valence-corrected chi connectivity index (χ1v) is 4.61. The van der Waals surface area contributed by atoms with E-state index in [1.165, 1.54) is 0 Å². The molecule has 1 unspecified atom stereocenters. The standard InChI is InChI=1S/C9H21NO2/c1-9(8-11)4-3-5-10-6-7-12-2/h9-11H,3-8H2,1-2H3. The number of rotatable bonds is 8. The van der Waals surface area contributed by atoms with E-state index in [2.05, 4.69) is 12.2 Å². The van der Waals surface area contributed by atoms with Crippen LogP contribution in [0.25, 0.3) is 0 Å². The van der Waals surface area contributed by atoms with Gasteiger partial charge in [0.05, 0.1) is 6.61 Å². The highest BCUT2D eigenvalue weighted by atomic mass is 16.5. The van der Waals surface area contributed by atoms with Gasteiger partial charge in [-0.2, -0.15) is 0 Å². The second kappa shape index (κ2) is 8.97. The molecule has 0 aliphatic rings. The van der Waals surface area contributed by atoms with E-state index in [0.717, 1.165) is 32.5 Å². The largest absolute Gasteiger partial charge is 0.396 e. The van der Waals surface area contributed by atoms with Crippen LogP contribution in [-0.4, -0.2) is 38.5 Å². The fraction of sp³-hybridized carbons (Fsp3) is 1.00. The average molecular weight is 175 g/mol. The number of ether oxygens (including phenoxy) is 1. The molecule has 0 aromatic rings. The number of aliphatic hydroxyl groups is 1. The molecule has 0 bridgehead atoms. The minimum absolute atomic E-state index is 0.304. The quantitative estimate of drug-likeness (QED) is 0.532. The predicted molar refractivity (Wildman–Crippen MR) is 50.2 cm³/mol. The first-order chi connectivity index (χ1) is 5.81. The Morgan fingerprint density at radius 3 is 2.75 bits per heavy atom. The molecule has 0 radical (unpaired) electrons. The summed E-state index contributed by atoms with van der Waals surface area (Å²) in [6, 6.07) is 0. The van der Waals surface area contributed by atoms with Crippen LogP contribution >= 0.6 is 0 Å². The summed E-state index contributed by atoms with van der Waals surface area (Å²) in [4.78, 5) is 0. The van der Waals surface area contributed by atoms with Crippen molar-refractivity contribution < 1.29 is 9.84 Å². The Bertz CT molecular complexity index is 88.6. The van der Waals surface area contributed by atoms with Gasteiger partial charge < -0.3 is 15.2 Å². The minimum Gasteiger partial charge on any atom is -0.396 e. The van der Waals surface area contributed by atoms with Crippen LogP contribution in [0.2, 0.25) is 0 Å². The zero-order chi connectivity index (χ0) is 9.23. The highest BCUT2D eigenvalue weighted by Crippen LogP contribution is 2.02. The van der Waals surface area contributed by atoms with Gasteiger partial charge in [-0.3, -0.25) is 0 Å². The monoisotopic (exact) mass is 175 g/mol. The molecule has 0 spiro atoms. The maximum Gasteiger partial charge on any atom is 0.0587 e. The van der Waals surface area contributed by atoms with Crippen molar-refractivity contribution >= 4 is 0 Å². The summed E-state index contributed by atoms with van der Waals surface area (Å²) in [7, 11) is 1.70. The van der Waals surface area contributed by atoms with Crippen molar-refractivity contribution in [3.8, 4) is 0 Å². The lowest BCUT2D eigenvalue weighted by Gasteiger charge is -2.07. The van der Waals surface area contributed by atoms with Crippen LogP contribution < -0.4 is 5.32 Å². The Balaban J connectivity index is 2.90. The number of hydrogen-bond donors (Lipinski definition) is 2. The molecule has 0 rings (SSSR count). The molecular formula is C9H21NO2. The van der Waals surface area contributed by atoms with Crippen LogP contribution in [0.4, 0.5) is 0 Å². The fourth-order valence-electron chi connectivity index (χ4n) is 0.966. The van der Waals surface area contributed by atoms with E-state index in [1.54, 1.807) is 7.11 Å². The zero-order valence-corrected chi connectivity index (χ0v) is 8.18. The number of aliphatic hydroxyl groups excluding tert-OH is 1. The normalized spacial score (nSPS) is 13.2. The Morgan fingerprint density at radius 2 is 2.17 bits per heavy atom. The van der Waals surface area contributed by atoms with E-state index in [-0.39, 0.29) is 0 Å². The molecule has 0 aromatic carbocycles. The molecule has 1 atom stereocenters. The molecule has 0 aliphatic heterocycles. The number of hydrogen-bond acceptors (Lipinski definition) is 3. The number of nitrogens with one attached hydrogen (secondary N) is 1. The van der Waals surface area contributed by atoms with Crippen LogP contribution in [0.3, 0.4) is 0 Å². The van der Waals surface area contributed by atoms with Crippen molar-refractivity contribution in [3.05, 3.63) is 0 Å². The first-order valence-electron chi connectivity index (χ1n) is 4.61. The van der Waals surface area contributed by atoms with Crippen molar-refractivity contribution in [1.29, 1.82) is 0 Å². The second-order valence-electron chi connectivity index (χ2n) is 3.17. The molecule has 3 nitrogen and oxygen atoms in total. The van der Waals surface area contributed by atoms with Crippen molar-refractivity contribution in [3.63, 3.8) is 0 Å². The van der Waals surface area contributed by atoms with Gasteiger partial charge in [0.2, 0.25) is 0 Å². The van der Waals surface area contributed by atoms with E-state index < -0.39 is 0 Å². The van der Waals surface area contributed by atoms with E-state index in [9.17, 15) is 0 Å². The Morgan fingerprint density at radius 1 is 1.42 bits per heavy atom. The van der Waals surface area contributed by atoms with E-state index >= 15 is 0 Å². The molecule has 0 aromatic heterocycles. The average Bonchev–Trinajstić information content (AvgIpc) is 2.10. The lowest BCUT2D eigenvalue weighted by atomic mass is 10.1. The molecular weight excluding hydrogens is 154 g/mol. The third kappa shape index (κ3) is 7.98. The topological polar surface area (TPSA) is 41.5 Å². The van der Waals surface area contributed by atoms with Gasteiger partial charge in [0.25, 0.3) is 0 Å². The lowest BCUT2D eigenvalue weighted by molar-refractivity contribution is 0.198. The zero-order valence-electron chi connectivity index (χ0n) is 8.18. The summed E-state index contributed by atoms with van der Waals surface area (Å²) < 4.78 is 4.89. The predicted octanol–water partition coefficient (Wildman–Crippen LogP) is 0.631. The molecule has 0 aliphatic carbocycles. The molecule has 0 fully saturated rings. The Hall–Kier alpha value is -0.120. The minimum atomic E-state index is 0.304. The van der Waals surface area contributed by atoms with Crippen molar-refractivity contribution in [1.82, 2.24) is 5.32 Å². The van der Waals surface area contributed by atoms with Gasteiger partial charge in [-0.1, -0.05) is 6.92 Å². The van der Waals surface area contributed by atoms with E-state index in [1.807, 2.05) is 0 Å². The van der Waals surface area contributed by atoms with Gasteiger partial charge in [-0.05, 0) is 25.3 Å². The van der Waals surface area contributed by atoms with E-state index in [4.69, 9.17) is 9.84 Å². The highest BCUT2D eigenvalue weighted by molar-refractivity contribution is 4.53. The molecule has 3 heteroatoms. The molecule has 0 heterocycles. The summed E-state index contributed by atoms with van der Waals surface area (Å²) in [6.45, 7) is 5.08. The summed E-state index contributed by atoms with van der Waals surface area (Å²) in [5, 5.41) is 12.0. The van der Waals surface area contributed by atoms with Crippen molar-refractivity contribution in [2.24, 2.45) is 5.92 Å². The third-order valence-electron chi connectivity index (χ3n) is 1.85. The molecule has 2 N–H and O–H groups in total. The van der Waals surface area contributed by atoms with Crippen LogP contribution in [-0.2, 0) is 4.74 Å². The summed E-state index contributed by atoms with van der Waals surface area (Å²) in [5.74, 6) is 0.439. The molecule has 0 saturated heterocycles. The van der Waals surface area contributed by atoms with E-state index in [0.29, 0.717) is 12.5 Å². The van der Waals surface area contributed by atoms with Crippen molar-refractivity contribution in [2.45, 2.75) is 19.8 Å². The van der Waals surface area contributed by atoms with Gasteiger partial charge in [0.1, 0.15) is 0 Å². The van der Waals surface area contributed by atoms with Crippen LogP contribution in [0, 0.1) is 5.92 Å². The van der Waals surface area contributed by atoms with Gasteiger partial charge in [0.15, 0.2) is 0 Å². The molecule has 12 heavy (non-hydrogen) atoms. The van der Waals surface area contributed by atoms with Gasteiger partial charge >= 0.3 is 0 Å². The summed E-state index contributed by atoms with van der Waals surface area (Å²) in [5.41, 5.74) is 0. The molecule has 0 amide bonds. The SMILES string of the molecule is COCCNCCCC(C)CO. The number of methoxy groups -OCH3 is 1. The summed E-state index contributed by atoms with van der Waals surface area (Å²) in [6.07, 6.45) is 2.22. The Labute approximate surface area is 75.1 Å².